The molecule has 0 unspecified atom stereocenters. The van der Waals surface area contributed by atoms with Crippen LogP contribution in [0.15, 0.2) is 36.7 Å². The van der Waals surface area contributed by atoms with Gasteiger partial charge in [0.1, 0.15) is 6.04 Å². The number of hydrogen-bond donors (Lipinski definition) is 1. The van der Waals surface area contributed by atoms with Crippen LogP contribution in [0.1, 0.15) is 35.2 Å². The predicted molar refractivity (Wildman–Crippen MR) is 89.1 cm³/mol. The maximum Gasteiger partial charge on any atom is 0.326 e. The number of carbonyl (C=O) groups excluding carboxylic acids is 1. The first kappa shape index (κ1) is 16.5. The maximum atomic E-state index is 12.6. The molecule has 1 aliphatic rings. The summed E-state index contributed by atoms with van der Waals surface area (Å²) in [5.41, 5.74) is 1.30. The Bertz CT molecular complexity index is 759. The number of piperidine rings is 1. The number of amides is 1. The van der Waals surface area contributed by atoms with E-state index in [0.29, 0.717) is 30.1 Å². The van der Waals surface area contributed by atoms with E-state index in [1.807, 2.05) is 18.2 Å². The number of aliphatic carboxylic acids is 1. The minimum absolute atomic E-state index is 0.285. The number of aromatic nitrogens is 2. The summed E-state index contributed by atoms with van der Waals surface area (Å²) in [4.78, 5) is 25.4. The average molecular weight is 348 g/mol. The van der Waals surface area contributed by atoms with Crippen molar-refractivity contribution in [3.63, 3.8) is 0 Å². The first-order valence-corrected chi connectivity index (χ1v) is 8.23. The summed E-state index contributed by atoms with van der Waals surface area (Å²) in [6.45, 7) is 0.917. The highest BCUT2D eigenvalue weighted by Crippen LogP contribution is 2.20. The largest absolute Gasteiger partial charge is 0.480 e. The van der Waals surface area contributed by atoms with Crippen LogP contribution in [-0.4, -0.2) is 44.3 Å². The molecule has 0 radical (unpaired) electrons. The first-order valence-electron chi connectivity index (χ1n) is 7.86. The summed E-state index contributed by atoms with van der Waals surface area (Å²) < 4.78 is 1.63. The van der Waals surface area contributed by atoms with Gasteiger partial charge in [0.2, 0.25) is 0 Å². The number of hydrogen-bond acceptors (Lipinski definition) is 3. The molecule has 0 aliphatic carbocycles. The van der Waals surface area contributed by atoms with Crippen molar-refractivity contribution in [2.75, 3.05) is 6.54 Å². The fourth-order valence-corrected chi connectivity index (χ4v) is 3.15. The smallest absolute Gasteiger partial charge is 0.326 e. The Labute approximate surface area is 144 Å². The summed E-state index contributed by atoms with van der Waals surface area (Å²) in [5.74, 6) is -1.24. The van der Waals surface area contributed by atoms with Crippen LogP contribution in [0.5, 0.6) is 0 Å². The molecule has 6 nitrogen and oxygen atoms in total. The van der Waals surface area contributed by atoms with E-state index in [2.05, 4.69) is 5.10 Å². The molecule has 1 atom stereocenters. The summed E-state index contributed by atoms with van der Waals surface area (Å²) in [6.07, 6.45) is 5.26. The summed E-state index contributed by atoms with van der Waals surface area (Å²) >= 11 is 6.14. The van der Waals surface area contributed by atoms with Crippen LogP contribution in [0.3, 0.4) is 0 Å². The van der Waals surface area contributed by atoms with E-state index in [-0.39, 0.29) is 5.91 Å². The zero-order chi connectivity index (χ0) is 17.1. The highest BCUT2D eigenvalue weighted by molar-refractivity contribution is 6.31. The predicted octanol–water partition coefficient (Wildman–Crippen LogP) is 2.66. The summed E-state index contributed by atoms with van der Waals surface area (Å²) in [7, 11) is 0. The second-order valence-corrected chi connectivity index (χ2v) is 6.27. The number of carboxylic acids is 1. The summed E-state index contributed by atoms with van der Waals surface area (Å²) in [6, 6.07) is 6.70. The lowest BCUT2D eigenvalue weighted by Crippen LogP contribution is -2.47. The molecule has 1 N–H and O–H groups in total. The average Bonchev–Trinajstić information content (AvgIpc) is 3.05. The third-order valence-corrected chi connectivity index (χ3v) is 4.59. The van der Waals surface area contributed by atoms with Gasteiger partial charge in [-0.05, 0) is 30.9 Å². The molecule has 126 valence electrons. The molecule has 1 fully saturated rings. The third-order valence-electron chi connectivity index (χ3n) is 4.22. The van der Waals surface area contributed by atoms with Crippen molar-refractivity contribution >= 4 is 23.5 Å². The van der Waals surface area contributed by atoms with E-state index in [9.17, 15) is 14.7 Å². The van der Waals surface area contributed by atoms with Crippen molar-refractivity contribution in [1.29, 1.82) is 0 Å². The van der Waals surface area contributed by atoms with E-state index >= 15 is 0 Å². The van der Waals surface area contributed by atoms with Gasteiger partial charge in [-0.3, -0.25) is 9.48 Å². The highest BCUT2D eigenvalue weighted by Gasteiger charge is 2.32. The fourth-order valence-electron chi connectivity index (χ4n) is 2.96. The van der Waals surface area contributed by atoms with Gasteiger partial charge in [0, 0.05) is 17.8 Å². The molecule has 3 rings (SSSR count). The Kier molecular flexibility index (Phi) is 4.85. The van der Waals surface area contributed by atoms with Crippen LogP contribution < -0.4 is 0 Å². The number of rotatable bonds is 4. The SMILES string of the molecule is O=C(O)[C@H]1CCCCN1C(=O)c1cnn(Cc2ccccc2Cl)c1. The lowest BCUT2D eigenvalue weighted by atomic mass is 10.0. The number of halogens is 1. The van der Waals surface area contributed by atoms with Crippen molar-refractivity contribution in [2.24, 2.45) is 0 Å². The quantitative estimate of drug-likeness (QED) is 0.922. The third kappa shape index (κ3) is 3.43. The molecule has 1 aromatic carbocycles. The Hall–Kier alpha value is -2.34. The second kappa shape index (κ2) is 7.05. The first-order chi connectivity index (χ1) is 11.6. The van der Waals surface area contributed by atoms with Gasteiger partial charge in [0.15, 0.2) is 0 Å². The summed E-state index contributed by atoms with van der Waals surface area (Å²) in [5, 5.41) is 14.1. The zero-order valence-electron chi connectivity index (χ0n) is 13.1. The van der Waals surface area contributed by atoms with Gasteiger partial charge in [-0.2, -0.15) is 5.10 Å². The fraction of sp³-hybridized carbons (Fsp3) is 0.353. The van der Waals surface area contributed by atoms with Crippen molar-refractivity contribution < 1.29 is 14.7 Å². The topological polar surface area (TPSA) is 75.4 Å². The van der Waals surface area contributed by atoms with Gasteiger partial charge in [-0.25, -0.2) is 4.79 Å². The van der Waals surface area contributed by atoms with Crippen LogP contribution in [-0.2, 0) is 11.3 Å². The molecular weight excluding hydrogens is 330 g/mol. The van der Waals surface area contributed by atoms with Gasteiger partial charge in [0.05, 0.1) is 18.3 Å². The van der Waals surface area contributed by atoms with Crippen LogP contribution in [0.2, 0.25) is 5.02 Å². The normalized spacial score (nSPS) is 17.7. The number of benzene rings is 1. The zero-order valence-corrected chi connectivity index (χ0v) is 13.8. The van der Waals surface area contributed by atoms with Gasteiger partial charge in [0.25, 0.3) is 5.91 Å². The number of nitrogens with zero attached hydrogens (tertiary/aromatic N) is 3. The molecule has 1 saturated heterocycles. The van der Waals surface area contributed by atoms with Gasteiger partial charge in [-0.15, -0.1) is 0 Å². The molecule has 0 spiro atoms. The Morgan fingerprint density at radius 1 is 1.29 bits per heavy atom. The second-order valence-electron chi connectivity index (χ2n) is 5.87. The van der Waals surface area contributed by atoms with Crippen LogP contribution in [0, 0.1) is 0 Å². The number of carbonyl (C=O) groups is 2. The lowest BCUT2D eigenvalue weighted by Gasteiger charge is -2.32. The minimum Gasteiger partial charge on any atom is -0.480 e. The van der Waals surface area contributed by atoms with Crippen LogP contribution in [0.25, 0.3) is 0 Å². The van der Waals surface area contributed by atoms with E-state index in [0.717, 1.165) is 18.4 Å². The van der Waals surface area contributed by atoms with E-state index in [4.69, 9.17) is 11.6 Å². The standard InChI is InChI=1S/C17H18ClN3O3/c18-14-6-2-1-5-12(14)10-20-11-13(9-19-20)16(22)21-8-4-3-7-15(21)17(23)24/h1-2,5-6,9,11,15H,3-4,7-8,10H2,(H,23,24)/t15-/m1/s1. The highest BCUT2D eigenvalue weighted by atomic mass is 35.5. The molecule has 24 heavy (non-hydrogen) atoms. The van der Waals surface area contributed by atoms with E-state index < -0.39 is 12.0 Å². The van der Waals surface area contributed by atoms with Crippen LogP contribution in [0.4, 0.5) is 0 Å². The molecule has 1 amide bonds. The monoisotopic (exact) mass is 347 g/mol. The number of carboxylic acid groups (broad SMARTS) is 1. The van der Waals surface area contributed by atoms with Crippen molar-refractivity contribution in [2.45, 2.75) is 31.8 Å². The minimum atomic E-state index is -0.952. The Morgan fingerprint density at radius 2 is 2.08 bits per heavy atom. The van der Waals surface area contributed by atoms with Gasteiger partial charge < -0.3 is 10.0 Å². The molecule has 2 aromatic rings. The number of likely N-dealkylation sites (tertiary alicyclic amines) is 1. The molecule has 0 bridgehead atoms. The maximum absolute atomic E-state index is 12.6. The molecule has 7 heteroatoms. The molecule has 1 aliphatic heterocycles. The van der Waals surface area contributed by atoms with Gasteiger partial charge in [-0.1, -0.05) is 29.8 Å². The Balaban J connectivity index is 1.76. The molecule has 0 saturated carbocycles. The molecule has 1 aromatic heterocycles. The van der Waals surface area contributed by atoms with E-state index in [1.165, 1.54) is 11.1 Å². The van der Waals surface area contributed by atoms with Crippen LogP contribution >= 0.6 is 11.6 Å². The molecular formula is C17H18ClN3O3. The van der Waals surface area contributed by atoms with Gasteiger partial charge >= 0.3 is 5.97 Å². The lowest BCUT2D eigenvalue weighted by molar-refractivity contribution is -0.143. The van der Waals surface area contributed by atoms with Crippen molar-refractivity contribution in [1.82, 2.24) is 14.7 Å². The Morgan fingerprint density at radius 3 is 2.83 bits per heavy atom. The van der Waals surface area contributed by atoms with Crippen molar-refractivity contribution in [3.05, 3.63) is 52.8 Å². The van der Waals surface area contributed by atoms with E-state index in [1.54, 1.807) is 16.9 Å². The molecule has 2 heterocycles. The van der Waals surface area contributed by atoms with Crippen molar-refractivity contribution in [3.8, 4) is 0 Å².